The van der Waals surface area contributed by atoms with Gasteiger partial charge in [-0.1, -0.05) is 32.4 Å². The second kappa shape index (κ2) is 6.64. The van der Waals surface area contributed by atoms with E-state index in [-0.39, 0.29) is 12.4 Å². The van der Waals surface area contributed by atoms with Crippen LogP contribution in [0.4, 0.5) is 4.39 Å². The smallest absolute Gasteiger partial charge is 0.123 e. The first kappa shape index (κ1) is 13.2. The fourth-order valence-corrected chi connectivity index (χ4v) is 1.78. The lowest BCUT2D eigenvalue weighted by molar-refractivity contribution is 0.211. The molecule has 90 valence electrons. The lowest BCUT2D eigenvalue weighted by atomic mass is 9.92. The van der Waals surface area contributed by atoms with Crippen molar-refractivity contribution in [3.05, 3.63) is 35.6 Å². The normalized spacial score (nSPS) is 13.1. The van der Waals surface area contributed by atoms with E-state index < -0.39 is 0 Å². The molecule has 0 amide bonds. The molecule has 1 unspecified atom stereocenters. The lowest BCUT2D eigenvalue weighted by Gasteiger charge is -2.15. The first-order chi connectivity index (χ1) is 7.61. The standard InChI is InChI=1S/C14H21FO/c1-11(2)3-4-13(10-16)9-12-5-7-14(15)8-6-12/h5-8,11,13,16H,3-4,9-10H2,1-2H3. The first-order valence-corrected chi connectivity index (χ1v) is 5.97. The van der Waals surface area contributed by atoms with Gasteiger partial charge in [0.1, 0.15) is 5.82 Å². The van der Waals surface area contributed by atoms with Gasteiger partial charge in [-0.15, -0.1) is 0 Å². The molecule has 0 heterocycles. The molecule has 0 aromatic heterocycles. The fourth-order valence-electron chi connectivity index (χ4n) is 1.78. The van der Waals surface area contributed by atoms with Gasteiger partial charge in [-0.2, -0.15) is 0 Å². The summed E-state index contributed by atoms with van der Waals surface area (Å²) in [5.74, 6) is 0.765. The Morgan fingerprint density at radius 1 is 1.12 bits per heavy atom. The maximum atomic E-state index is 12.7. The average Bonchev–Trinajstić information content (AvgIpc) is 2.26. The van der Waals surface area contributed by atoms with Crippen molar-refractivity contribution in [2.45, 2.75) is 33.1 Å². The largest absolute Gasteiger partial charge is 0.396 e. The van der Waals surface area contributed by atoms with Crippen LogP contribution >= 0.6 is 0 Å². The molecule has 0 aliphatic rings. The molecule has 0 aliphatic carbocycles. The van der Waals surface area contributed by atoms with Gasteiger partial charge in [-0.3, -0.25) is 0 Å². The average molecular weight is 224 g/mol. The monoisotopic (exact) mass is 224 g/mol. The van der Waals surface area contributed by atoms with E-state index in [1.165, 1.54) is 12.1 Å². The second-order valence-corrected chi connectivity index (χ2v) is 4.85. The Bertz CT molecular complexity index is 292. The number of hydrogen-bond acceptors (Lipinski definition) is 1. The molecule has 0 bridgehead atoms. The lowest BCUT2D eigenvalue weighted by Crippen LogP contribution is -2.10. The van der Waals surface area contributed by atoms with E-state index in [2.05, 4.69) is 13.8 Å². The summed E-state index contributed by atoms with van der Waals surface area (Å²) in [6.07, 6.45) is 3.00. The molecule has 0 fully saturated rings. The van der Waals surface area contributed by atoms with E-state index in [1.54, 1.807) is 12.1 Å². The molecule has 0 aliphatic heterocycles. The minimum Gasteiger partial charge on any atom is -0.396 e. The Balaban J connectivity index is 2.46. The summed E-state index contributed by atoms with van der Waals surface area (Å²) >= 11 is 0. The summed E-state index contributed by atoms with van der Waals surface area (Å²) in [6, 6.07) is 6.55. The van der Waals surface area contributed by atoms with Crippen molar-refractivity contribution < 1.29 is 9.50 Å². The summed E-state index contributed by atoms with van der Waals surface area (Å²) < 4.78 is 12.7. The van der Waals surface area contributed by atoms with Gasteiger partial charge in [0.05, 0.1) is 0 Å². The van der Waals surface area contributed by atoms with Crippen LogP contribution in [0.1, 0.15) is 32.3 Å². The zero-order valence-electron chi connectivity index (χ0n) is 10.1. The molecule has 0 spiro atoms. The molecule has 0 radical (unpaired) electrons. The van der Waals surface area contributed by atoms with Crippen molar-refractivity contribution >= 4 is 0 Å². The third kappa shape index (κ3) is 4.75. The topological polar surface area (TPSA) is 20.2 Å². The number of benzene rings is 1. The van der Waals surface area contributed by atoms with Crippen molar-refractivity contribution in [1.29, 1.82) is 0 Å². The molecule has 1 aromatic rings. The highest BCUT2D eigenvalue weighted by Crippen LogP contribution is 2.17. The van der Waals surface area contributed by atoms with E-state index in [0.717, 1.165) is 24.8 Å². The molecule has 1 rings (SSSR count). The van der Waals surface area contributed by atoms with Crippen LogP contribution in [0, 0.1) is 17.7 Å². The molecule has 0 saturated heterocycles. The van der Waals surface area contributed by atoms with E-state index in [0.29, 0.717) is 11.8 Å². The van der Waals surface area contributed by atoms with Crippen molar-refractivity contribution in [2.24, 2.45) is 11.8 Å². The van der Waals surface area contributed by atoms with Gasteiger partial charge in [-0.25, -0.2) is 4.39 Å². The van der Waals surface area contributed by atoms with Crippen LogP contribution < -0.4 is 0 Å². The Morgan fingerprint density at radius 2 is 1.75 bits per heavy atom. The third-order valence-electron chi connectivity index (χ3n) is 2.85. The Morgan fingerprint density at radius 3 is 2.25 bits per heavy atom. The molecule has 1 nitrogen and oxygen atoms in total. The van der Waals surface area contributed by atoms with Gasteiger partial charge < -0.3 is 5.11 Å². The van der Waals surface area contributed by atoms with Crippen molar-refractivity contribution in [3.8, 4) is 0 Å². The minimum atomic E-state index is -0.202. The molecule has 1 N–H and O–H groups in total. The minimum absolute atomic E-state index is 0.202. The predicted molar refractivity (Wildman–Crippen MR) is 64.8 cm³/mol. The summed E-state index contributed by atoms with van der Waals surface area (Å²) in [4.78, 5) is 0. The fraction of sp³-hybridized carbons (Fsp3) is 0.571. The van der Waals surface area contributed by atoms with Gasteiger partial charge in [-0.05, 0) is 42.4 Å². The van der Waals surface area contributed by atoms with Crippen LogP contribution in [-0.2, 0) is 6.42 Å². The summed E-state index contributed by atoms with van der Waals surface area (Å²) in [6.45, 7) is 4.59. The molecule has 16 heavy (non-hydrogen) atoms. The van der Waals surface area contributed by atoms with Crippen LogP contribution in [0.15, 0.2) is 24.3 Å². The Labute approximate surface area is 97.3 Å². The first-order valence-electron chi connectivity index (χ1n) is 5.97. The van der Waals surface area contributed by atoms with Crippen LogP contribution in [0.25, 0.3) is 0 Å². The number of halogens is 1. The second-order valence-electron chi connectivity index (χ2n) is 4.85. The Hall–Kier alpha value is -0.890. The highest BCUT2D eigenvalue weighted by Gasteiger charge is 2.09. The molecular weight excluding hydrogens is 203 g/mol. The SMILES string of the molecule is CC(C)CCC(CO)Cc1ccc(F)cc1. The number of rotatable bonds is 6. The molecule has 1 aromatic carbocycles. The van der Waals surface area contributed by atoms with Crippen LogP contribution in [0.2, 0.25) is 0 Å². The number of hydrogen-bond donors (Lipinski definition) is 1. The van der Waals surface area contributed by atoms with Gasteiger partial charge in [0.15, 0.2) is 0 Å². The van der Waals surface area contributed by atoms with Crippen molar-refractivity contribution in [3.63, 3.8) is 0 Å². The van der Waals surface area contributed by atoms with E-state index in [4.69, 9.17) is 0 Å². The molecule has 0 saturated carbocycles. The number of aliphatic hydroxyl groups excluding tert-OH is 1. The van der Waals surface area contributed by atoms with Crippen LogP contribution in [-0.4, -0.2) is 11.7 Å². The van der Waals surface area contributed by atoms with Gasteiger partial charge >= 0.3 is 0 Å². The van der Waals surface area contributed by atoms with E-state index in [1.807, 2.05) is 0 Å². The maximum absolute atomic E-state index is 12.7. The molecule has 1 atom stereocenters. The maximum Gasteiger partial charge on any atom is 0.123 e. The van der Waals surface area contributed by atoms with Crippen molar-refractivity contribution in [2.75, 3.05) is 6.61 Å². The Kier molecular flexibility index (Phi) is 5.47. The van der Waals surface area contributed by atoms with Gasteiger partial charge in [0.2, 0.25) is 0 Å². The zero-order chi connectivity index (χ0) is 12.0. The van der Waals surface area contributed by atoms with Crippen molar-refractivity contribution in [1.82, 2.24) is 0 Å². The highest BCUT2D eigenvalue weighted by atomic mass is 19.1. The summed E-state index contributed by atoms with van der Waals surface area (Å²) in [5.41, 5.74) is 1.10. The van der Waals surface area contributed by atoms with Gasteiger partial charge in [0.25, 0.3) is 0 Å². The highest BCUT2D eigenvalue weighted by molar-refractivity contribution is 5.16. The van der Waals surface area contributed by atoms with Crippen LogP contribution in [0.5, 0.6) is 0 Å². The quantitative estimate of drug-likeness (QED) is 0.785. The number of aliphatic hydroxyl groups is 1. The molecule has 2 heteroatoms. The predicted octanol–water partition coefficient (Wildman–Crippen LogP) is 3.41. The van der Waals surface area contributed by atoms with E-state index >= 15 is 0 Å². The molecular formula is C14H21FO. The van der Waals surface area contributed by atoms with E-state index in [9.17, 15) is 9.50 Å². The van der Waals surface area contributed by atoms with Crippen LogP contribution in [0.3, 0.4) is 0 Å². The van der Waals surface area contributed by atoms with Gasteiger partial charge in [0, 0.05) is 6.61 Å². The summed E-state index contributed by atoms with van der Waals surface area (Å²) in [7, 11) is 0. The summed E-state index contributed by atoms with van der Waals surface area (Å²) in [5, 5.41) is 9.28. The zero-order valence-corrected chi connectivity index (χ0v) is 10.1. The third-order valence-corrected chi connectivity index (χ3v) is 2.85.